The summed E-state index contributed by atoms with van der Waals surface area (Å²) < 4.78 is 7.75. The number of rotatable bonds is 3. The summed E-state index contributed by atoms with van der Waals surface area (Å²) in [5.74, 6) is 0.744. The van der Waals surface area contributed by atoms with Gasteiger partial charge in [0.15, 0.2) is 11.5 Å². The standard InChI is InChI=1S/C13H15BrN4O2/c1-20-13(19)9-2-4-17(7-9)8-12-16-15-11-6-10(14)3-5-18(11)12/h3,5-6,9H,2,4,7-8H2,1H3/t9-/m1/s1. The number of carbonyl (C=O) groups excluding carboxylic acids is 1. The molecule has 0 radical (unpaired) electrons. The van der Waals surface area contributed by atoms with E-state index in [4.69, 9.17) is 4.74 Å². The molecule has 0 unspecified atom stereocenters. The van der Waals surface area contributed by atoms with Gasteiger partial charge in [-0.05, 0) is 25.1 Å². The van der Waals surface area contributed by atoms with Gasteiger partial charge in [-0.2, -0.15) is 0 Å². The van der Waals surface area contributed by atoms with E-state index in [2.05, 4.69) is 31.0 Å². The number of likely N-dealkylation sites (tertiary alicyclic amines) is 1. The lowest BCUT2D eigenvalue weighted by atomic mass is 10.1. The van der Waals surface area contributed by atoms with Crippen LogP contribution in [-0.2, 0) is 16.1 Å². The second kappa shape index (κ2) is 5.49. The number of pyridine rings is 1. The summed E-state index contributed by atoms with van der Waals surface area (Å²) in [5, 5.41) is 8.38. The smallest absolute Gasteiger partial charge is 0.310 e. The highest BCUT2D eigenvalue weighted by molar-refractivity contribution is 9.10. The molecule has 0 aromatic carbocycles. The Labute approximate surface area is 124 Å². The molecule has 1 atom stereocenters. The molecule has 6 nitrogen and oxygen atoms in total. The van der Waals surface area contributed by atoms with Crippen molar-refractivity contribution in [1.29, 1.82) is 0 Å². The Morgan fingerprint density at radius 2 is 2.40 bits per heavy atom. The molecule has 3 heterocycles. The monoisotopic (exact) mass is 338 g/mol. The molecule has 3 rings (SSSR count). The van der Waals surface area contributed by atoms with Gasteiger partial charge in [0.25, 0.3) is 0 Å². The van der Waals surface area contributed by atoms with Gasteiger partial charge in [-0.3, -0.25) is 14.1 Å². The highest BCUT2D eigenvalue weighted by Crippen LogP contribution is 2.20. The fourth-order valence-electron chi connectivity index (χ4n) is 2.56. The van der Waals surface area contributed by atoms with E-state index in [1.54, 1.807) is 0 Å². The lowest BCUT2D eigenvalue weighted by molar-refractivity contribution is -0.144. The van der Waals surface area contributed by atoms with Gasteiger partial charge >= 0.3 is 5.97 Å². The SMILES string of the molecule is COC(=O)[C@@H]1CCN(Cc2nnc3cc(Br)ccn23)C1. The molecule has 20 heavy (non-hydrogen) atoms. The van der Waals surface area contributed by atoms with Gasteiger partial charge in [-0.15, -0.1) is 10.2 Å². The number of aromatic nitrogens is 3. The van der Waals surface area contributed by atoms with E-state index in [0.29, 0.717) is 6.54 Å². The number of carbonyl (C=O) groups is 1. The van der Waals surface area contributed by atoms with Crippen molar-refractivity contribution < 1.29 is 9.53 Å². The zero-order valence-electron chi connectivity index (χ0n) is 11.1. The average Bonchev–Trinajstić information content (AvgIpc) is 3.06. The number of ether oxygens (including phenoxy) is 1. The number of nitrogens with zero attached hydrogens (tertiary/aromatic N) is 4. The first-order valence-corrected chi connectivity index (χ1v) is 7.26. The minimum atomic E-state index is -0.123. The molecule has 0 saturated carbocycles. The third-order valence-corrected chi connectivity index (χ3v) is 4.11. The zero-order chi connectivity index (χ0) is 14.1. The third-order valence-electron chi connectivity index (χ3n) is 3.61. The number of hydrogen-bond donors (Lipinski definition) is 0. The van der Waals surface area contributed by atoms with Crippen LogP contribution >= 0.6 is 15.9 Å². The van der Waals surface area contributed by atoms with Crippen molar-refractivity contribution in [1.82, 2.24) is 19.5 Å². The quantitative estimate of drug-likeness (QED) is 0.793. The molecule has 0 N–H and O–H groups in total. The first-order chi connectivity index (χ1) is 9.67. The molecule has 0 aliphatic carbocycles. The van der Waals surface area contributed by atoms with Crippen LogP contribution in [0, 0.1) is 5.92 Å². The minimum Gasteiger partial charge on any atom is -0.469 e. The van der Waals surface area contributed by atoms with Crippen molar-refractivity contribution in [2.24, 2.45) is 5.92 Å². The highest BCUT2D eigenvalue weighted by Gasteiger charge is 2.29. The molecule has 1 saturated heterocycles. The molecule has 1 fully saturated rings. The van der Waals surface area contributed by atoms with Crippen molar-refractivity contribution in [3.8, 4) is 0 Å². The number of esters is 1. The van der Waals surface area contributed by atoms with Crippen LogP contribution in [0.3, 0.4) is 0 Å². The fourth-order valence-corrected chi connectivity index (χ4v) is 2.88. The molecule has 7 heteroatoms. The van der Waals surface area contributed by atoms with Gasteiger partial charge < -0.3 is 4.74 Å². The third kappa shape index (κ3) is 2.55. The summed E-state index contributed by atoms with van der Waals surface area (Å²) in [6.07, 6.45) is 2.79. The molecule has 1 aliphatic heterocycles. The summed E-state index contributed by atoms with van der Waals surface area (Å²) in [5.41, 5.74) is 0.818. The van der Waals surface area contributed by atoms with Crippen LogP contribution in [0.5, 0.6) is 0 Å². The summed E-state index contributed by atoms with van der Waals surface area (Å²) in [6, 6.07) is 3.89. The topological polar surface area (TPSA) is 59.7 Å². The van der Waals surface area contributed by atoms with Crippen LogP contribution in [0.4, 0.5) is 0 Å². The number of methoxy groups -OCH3 is 1. The largest absolute Gasteiger partial charge is 0.469 e. The second-order valence-corrected chi connectivity index (χ2v) is 5.85. The molecule has 0 spiro atoms. The Morgan fingerprint density at radius 3 is 3.20 bits per heavy atom. The fraction of sp³-hybridized carbons (Fsp3) is 0.462. The van der Waals surface area contributed by atoms with Gasteiger partial charge in [-0.25, -0.2) is 0 Å². The molecule has 2 aromatic heterocycles. The summed E-state index contributed by atoms with van der Waals surface area (Å²) in [7, 11) is 1.44. The second-order valence-electron chi connectivity index (χ2n) is 4.93. The average molecular weight is 339 g/mol. The molecule has 2 aromatic rings. The first-order valence-electron chi connectivity index (χ1n) is 6.46. The van der Waals surface area contributed by atoms with E-state index < -0.39 is 0 Å². The predicted molar refractivity (Wildman–Crippen MR) is 76.1 cm³/mol. The number of halogens is 1. The lowest BCUT2D eigenvalue weighted by Gasteiger charge is -2.14. The van der Waals surface area contributed by atoms with Crippen molar-refractivity contribution >= 4 is 27.5 Å². The summed E-state index contributed by atoms with van der Waals surface area (Å²) >= 11 is 3.42. The minimum absolute atomic E-state index is 0.0201. The van der Waals surface area contributed by atoms with Gasteiger partial charge in [0, 0.05) is 17.2 Å². The number of fused-ring (bicyclic) bond motifs is 1. The first kappa shape index (κ1) is 13.5. The van der Waals surface area contributed by atoms with E-state index in [9.17, 15) is 4.79 Å². The highest BCUT2D eigenvalue weighted by atomic mass is 79.9. The van der Waals surface area contributed by atoms with Crippen LogP contribution in [0.1, 0.15) is 12.2 Å². The van der Waals surface area contributed by atoms with E-state index in [-0.39, 0.29) is 11.9 Å². The zero-order valence-corrected chi connectivity index (χ0v) is 12.7. The van der Waals surface area contributed by atoms with E-state index in [0.717, 1.165) is 35.5 Å². The number of hydrogen-bond acceptors (Lipinski definition) is 5. The van der Waals surface area contributed by atoms with Crippen LogP contribution in [0.25, 0.3) is 5.65 Å². The van der Waals surface area contributed by atoms with Gasteiger partial charge in [0.2, 0.25) is 0 Å². The Morgan fingerprint density at radius 1 is 1.55 bits per heavy atom. The van der Waals surface area contributed by atoms with E-state index in [1.807, 2.05) is 22.7 Å². The maximum atomic E-state index is 11.5. The summed E-state index contributed by atoms with van der Waals surface area (Å²) in [6.45, 7) is 2.29. The van der Waals surface area contributed by atoms with Crippen LogP contribution in [0.2, 0.25) is 0 Å². The molecule has 0 bridgehead atoms. The predicted octanol–water partition coefficient (Wildman–Crippen LogP) is 1.49. The lowest BCUT2D eigenvalue weighted by Crippen LogP contribution is -2.24. The van der Waals surface area contributed by atoms with Crippen molar-refractivity contribution in [3.05, 3.63) is 28.6 Å². The summed E-state index contributed by atoms with van der Waals surface area (Å²) in [4.78, 5) is 13.7. The van der Waals surface area contributed by atoms with Gasteiger partial charge in [-0.1, -0.05) is 15.9 Å². The molecule has 106 valence electrons. The van der Waals surface area contributed by atoms with Crippen LogP contribution in [-0.4, -0.2) is 45.7 Å². The molecule has 0 amide bonds. The molecule has 1 aliphatic rings. The van der Waals surface area contributed by atoms with Crippen LogP contribution in [0.15, 0.2) is 22.8 Å². The van der Waals surface area contributed by atoms with Crippen molar-refractivity contribution in [2.45, 2.75) is 13.0 Å². The van der Waals surface area contributed by atoms with Crippen molar-refractivity contribution in [2.75, 3.05) is 20.2 Å². The molecular formula is C13H15BrN4O2. The van der Waals surface area contributed by atoms with Gasteiger partial charge in [0.1, 0.15) is 0 Å². The van der Waals surface area contributed by atoms with Gasteiger partial charge in [0.05, 0.1) is 19.6 Å². The Hall–Kier alpha value is -1.47. The van der Waals surface area contributed by atoms with Crippen molar-refractivity contribution in [3.63, 3.8) is 0 Å². The molecular weight excluding hydrogens is 324 g/mol. The van der Waals surface area contributed by atoms with E-state index in [1.165, 1.54) is 7.11 Å². The normalized spacial score (nSPS) is 19.6. The van der Waals surface area contributed by atoms with E-state index >= 15 is 0 Å². The Kier molecular flexibility index (Phi) is 3.71. The maximum absolute atomic E-state index is 11.5. The maximum Gasteiger partial charge on any atom is 0.310 e. The Balaban J connectivity index is 1.73. The van der Waals surface area contributed by atoms with Crippen LogP contribution < -0.4 is 0 Å². The Bertz CT molecular complexity index is 642.